The monoisotopic (exact) mass is 653 g/mol. The number of anilines is 1. The fourth-order valence-corrected chi connectivity index (χ4v) is 6.73. The summed E-state index contributed by atoms with van der Waals surface area (Å²) in [7, 11) is 2.00. The molecule has 4 atom stereocenters. The van der Waals surface area contributed by atoms with Crippen LogP contribution in [0.1, 0.15) is 88.7 Å². The summed E-state index contributed by atoms with van der Waals surface area (Å²) in [6, 6.07) is 4.32. The molecule has 0 bridgehead atoms. The van der Waals surface area contributed by atoms with E-state index in [0.717, 1.165) is 38.8 Å². The van der Waals surface area contributed by atoms with Crippen molar-refractivity contribution in [1.29, 1.82) is 0 Å². The summed E-state index contributed by atoms with van der Waals surface area (Å²) >= 11 is 0. The van der Waals surface area contributed by atoms with E-state index in [1.54, 1.807) is 41.8 Å². The van der Waals surface area contributed by atoms with Crippen molar-refractivity contribution in [2.24, 2.45) is 17.8 Å². The molecule has 47 heavy (non-hydrogen) atoms. The minimum Gasteiger partial charge on any atom is -0.344 e. The number of amides is 4. The van der Waals surface area contributed by atoms with Crippen LogP contribution in [0.4, 0.5) is 10.1 Å². The third-order valence-corrected chi connectivity index (χ3v) is 10.1. The predicted octanol–water partition coefficient (Wildman–Crippen LogP) is 4.01. The Morgan fingerprint density at radius 1 is 0.957 bits per heavy atom. The predicted molar refractivity (Wildman–Crippen MR) is 179 cm³/mol. The van der Waals surface area contributed by atoms with E-state index in [-0.39, 0.29) is 35.8 Å². The minimum absolute atomic E-state index is 0.0206. The van der Waals surface area contributed by atoms with Gasteiger partial charge in [0.05, 0.1) is 5.69 Å². The Balaban J connectivity index is 1.53. The molecule has 258 valence electrons. The third kappa shape index (κ3) is 8.97. The van der Waals surface area contributed by atoms with Gasteiger partial charge >= 0.3 is 0 Å². The first-order valence-corrected chi connectivity index (χ1v) is 17.1. The lowest BCUT2D eigenvalue weighted by atomic mass is 9.74. The number of rotatable bonds is 12. The number of halogens is 1. The number of carbonyl (C=O) groups is 4. The Kier molecular flexibility index (Phi) is 12.5. The Morgan fingerprint density at radius 2 is 1.64 bits per heavy atom. The number of piperazine rings is 1. The molecule has 2 heterocycles. The molecular formula is C35H52FN7O4. The highest BCUT2D eigenvalue weighted by atomic mass is 19.1. The first-order valence-electron chi connectivity index (χ1n) is 17.1. The molecule has 2 aliphatic rings. The van der Waals surface area contributed by atoms with Crippen LogP contribution in [0.5, 0.6) is 0 Å². The molecule has 1 saturated carbocycles. The van der Waals surface area contributed by atoms with Gasteiger partial charge in [-0.2, -0.15) is 5.10 Å². The Hall–Kier alpha value is -3.80. The molecule has 1 saturated heterocycles. The number of benzene rings is 1. The van der Waals surface area contributed by atoms with Gasteiger partial charge in [0.25, 0.3) is 5.91 Å². The van der Waals surface area contributed by atoms with Crippen molar-refractivity contribution >= 4 is 29.3 Å². The minimum atomic E-state index is -0.894. The van der Waals surface area contributed by atoms with Crippen molar-refractivity contribution in [3.8, 4) is 0 Å². The number of hydrogen-bond acceptors (Lipinski definition) is 6. The highest BCUT2D eigenvalue weighted by Crippen LogP contribution is 2.35. The van der Waals surface area contributed by atoms with Crippen LogP contribution in [0, 0.1) is 23.6 Å². The number of hydrogen-bond donors (Lipinski definition) is 3. The molecule has 0 spiro atoms. The van der Waals surface area contributed by atoms with E-state index in [0.29, 0.717) is 36.8 Å². The van der Waals surface area contributed by atoms with E-state index in [1.807, 2.05) is 20.9 Å². The van der Waals surface area contributed by atoms with E-state index in [2.05, 4.69) is 32.9 Å². The summed E-state index contributed by atoms with van der Waals surface area (Å²) in [4.78, 5) is 57.1. The molecule has 4 rings (SSSR count). The zero-order chi connectivity index (χ0) is 34.2. The SMILES string of the molecule is CCC(=O)N[C@@H](C(=O)N1CCN(C)CC1)[C@@H](C)c1ccc(NC(=O)[C@@H](NC(=O)c2ccnn2CC)[C@H](C)C2CCC(C)CC2)c(F)c1. The van der Waals surface area contributed by atoms with Gasteiger partial charge in [0.1, 0.15) is 23.6 Å². The van der Waals surface area contributed by atoms with Crippen molar-refractivity contribution in [2.45, 2.75) is 91.3 Å². The zero-order valence-corrected chi connectivity index (χ0v) is 28.7. The van der Waals surface area contributed by atoms with Gasteiger partial charge in [0, 0.05) is 51.3 Å². The highest BCUT2D eigenvalue weighted by molar-refractivity contribution is 6.00. The average Bonchev–Trinajstić information content (AvgIpc) is 3.56. The van der Waals surface area contributed by atoms with E-state index in [1.165, 1.54) is 12.1 Å². The van der Waals surface area contributed by atoms with Crippen LogP contribution in [0.15, 0.2) is 30.5 Å². The molecule has 1 aliphatic heterocycles. The molecule has 0 unspecified atom stereocenters. The van der Waals surface area contributed by atoms with Gasteiger partial charge in [-0.3, -0.25) is 23.9 Å². The van der Waals surface area contributed by atoms with Gasteiger partial charge in [0.2, 0.25) is 17.7 Å². The van der Waals surface area contributed by atoms with E-state index >= 15 is 4.39 Å². The summed E-state index contributed by atoms with van der Waals surface area (Å²) < 4.78 is 17.3. The highest BCUT2D eigenvalue weighted by Gasteiger charge is 2.36. The maximum atomic E-state index is 15.7. The van der Waals surface area contributed by atoms with E-state index in [9.17, 15) is 19.2 Å². The largest absolute Gasteiger partial charge is 0.344 e. The molecule has 4 amide bonds. The lowest BCUT2D eigenvalue weighted by Crippen LogP contribution is -2.55. The average molecular weight is 654 g/mol. The maximum absolute atomic E-state index is 15.7. The summed E-state index contributed by atoms with van der Waals surface area (Å²) in [6.45, 7) is 12.7. The molecule has 1 aliphatic carbocycles. The van der Waals surface area contributed by atoms with Gasteiger partial charge in [0.15, 0.2) is 0 Å². The Bertz CT molecular complexity index is 1400. The second kappa shape index (κ2) is 16.3. The number of nitrogens with one attached hydrogen (secondary N) is 3. The molecule has 3 N–H and O–H groups in total. The van der Waals surface area contributed by atoms with Crippen molar-refractivity contribution < 1.29 is 23.6 Å². The molecule has 2 aromatic rings. The quantitative estimate of drug-likeness (QED) is 0.318. The van der Waals surface area contributed by atoms with Crippen LogP contribution in [-0.4, -0.2) is 88.5 Å². The molecular weight excluding hydrogens is 601 g/mol. The number of aromatic nitrogens is 2. The molecule has 1 aromatic heterocycles. The smallest absolute Gasteiger partial charge is 0.270 e. The first kappa shape index (κ1) is 36.0. The van der Waals surface area contributed by atoms with Crippen molar-refractivity contribution in [2.75, 3.05) is 38.5 Å². The van der Waals surface area contributed by atoms with Crippen LogP contribution >= 0.6 is 0 Å². The van der Waals surface area contributed by atoms with Crippen LogP contribution < -0.4 is 16.0 Å². The van der Waals surface area contributed by atoms with Crippen molar-refractivity contribution in [3.63, 3.8) is 0 Å². The van der Waals surface area contributed by atoms with Crippen molar-refractivity contribution in [1.82, 2.24) is 30.2 Å². The number of likely N-dealkylation sites (N-methyl/N-ethyl adjacent to an activating group) is 1. The number of aryl methyl sites for hydroxylation is 1. The standard InChI is InChI=1S/C35H52FN7O4/c1-7-30(44)39-32(35(47)42-19-17-41(6)18-20-42)24(5)26-13-14-28(27(36)21-26)38-34(46)31(23(4)25-11-9-22(3)10-12-25)40-33(45)29-15-16-37-43(29)8-2/h13-16,21-25,31-32H,7-12,17-20H2,1-6H3,(H,38,46)(H,39,44)(H,40,45)/t22?,23-,24+,25?,31+,32-/m1/s1. The fourth-order valence-electron chi connectivity index (χ4n) is 6.73. The van der Waals surface area contributed by atoms with Crippen LogP contribution in [0.3, 0.4) is 0 Å². The zero-order valence-electron chi connectivity index (χ0n) is 28.7. The van der Waals surface area contributed by atoms with Crippen molar-refractivity contribution in [3.05, 3.63) is 47.5 Å². The summed E-state index contributed by atoms with van der Waals surface area (Å²) in [5.41, 5.74) is 0.856. The lowest BCUT2D eigenvalue weighted by Gasteiger charge is -2.36. The van der Waals surface area contributed by atoms with Crippen LogP contribution in [0.2, 0.25) is 0 Å². The van der Waals surface area contributed by atoms with Crippen LogP contribution in [0.25, 0.3) is 0 Å². The molecule has 0 radical (unpaired) electrons. The van der Waals surface area contributed by atoms with Gasteiger partial charge in [-0.25, -0.2) is 4.39 Å². The van der Waals surface area contributed by atoms with Gasteiger partial charge in [-0.1, -0.05) is 46.6 Å². The third-order valence-electron chi connectivity index (χ3n) is 10.1. The second-order valence-corrected chi connectivity index (χ2v) is 13.4. The summed E-state index contributed by atoms with van der Waals surface area (Å²) in [5, 5.41) is 12.7. The Labute approximate surface area is 278 Å². The fraction of sp³-hybridized carbons (Fsp3) is 0.629. The van der Waals surface area contributed by atoms with Gasteiger partial charge < -0.3 is 25.8 Å². The molecule has 2 fully saturated rings. The Morgan fingerprint density at radius 3 is 2.26 bits per heavy atom. The first-order chi connectivity index (χ1) is 22.4. The normalized spacial score (nSPS) is 21.3. The summed E-state index contributed by atoms with van der Waals surface area (Å²) in [6.07, 6.45) is 5.80. The van der Waals surface area contributed by atoms with Gasteiger partial charge in [-0.05, 0) is 68.3 Å². The maximum Gasteiger partial charge on any atom is 0.270 e. The second-order valence-electron chi connectivity index (χ2n) is 13.4. The van der Waals surface area contributed by atoms with E-state index < -0.39 is 35.6 Å². The number of carbonyl (C=O) groups excluding carboxylic acids is 4. The topological polar surface area (TPSA) is 129 Å². The number of nitrogens with zero attached hydrogens (tertiary/aromatic N) is 4. The molecule has 11 nitrogen and oxygen atoms in total. The van der Waals surface area contributed by atoms with Gasteiger partial charge in [-0.15, -0.1) is 0 Å². The summed E-state index contributed by atoms with van der Waals surface area (Å²) in [5.74, 6) is -1.87. The molecule has 1 aromatic carbocycles. The van der Waals surface area contributed by atoms with Crippen LogP contribution in [-0.2, 0) is 20.9 Å². The molecule has 12 heteroatoms. The van der Waals surface area contributed by atoms with E-state index in [4.69, 9.17) is 0 Å². The lowest BCUT2D eigenvalue weighted by molar-refractivity contribution is -0.138.